The lowest BCUT2D eigenvalue weighted by Gasteiger charge is -2.35. The third-order valence-electron chi connectivity index (χ3n) is 6.78. The van der Waals surface area contributed by atoms with Crippen molar-refractivity contribution >= 4 is 40.1 Å². The number of carbonyl (C=O) groups is 3. The summed E-state index contributed by atoms with van der Waals surface area (Å²) in [6, 6.07) is 18.7. The maximum absolute atomic E-state index is 14.2. The van der Waals surface area contributed by atoms with Crippen molar-refractivity contribution in [2.45, 2.75) is 44.8 Å². The van der Waals surface area contributed by atoms with Crippen LogP contribution in [0.2, 0.25) is 5.02 Å². The lowest BCUT2D eigenvalue weighted by Crippen LogP contribution is -2.52. The van der Waals surface area contributed by atoms with Crippen LogP contribution in [0.1, 0.15) is 37.4 Å². The predicted molar refractivity (Wildman–Crippen MR) is 142 cm³/mol. The molecule has 0 aromatic heterocycles. The molecule has 1 fully saturated rings. The smallest absolute Gasteiger partial charge is 0.250 e. The Labute approximate surface area is 216 Å². The zero-order valence-corrected chi connectivity index (χ0v) is 21.2. The largest absolute Gasteiger partial charge is 0.368 e. The minimum Gasteiger partial charge on any atom is -0.368 e. The van der Waals surface area contributed by atoms with Crippen LogP contribution in [-0.2, 0) is 20.8 Å². The molecule has 0 radical (unpaired) electrons. The maximum Gasteiger partial charge on any atom is 0.250 e. The van der Waals surface area contributed by atoms with E-state index in [1.54, 1.807) is 47.1 Å². The number of nitrogens with two attached hydrogens (primary N) is 1. The van der Waals surface area contributed by atoms with Crippen LogP contribution >= 0.6 is 11.6 Å². The summed E-state index contributed by atoms with van der Waals surface area (Å²) in [5.41, 5.74) is 7.44. The number of fused-ring (bicyclic) bond motifs is 1. The second kappa shape index (κ2) is 11.0. The van der Waals surface area contributed by atoms with Crippen molar-refractivity contribution in [3.05, 3.63) is 95.0 Å². The van der Waals surface area contributed by atoms with Gasteiger partial charge in [0.25, 0.3) is 5.91 Å². The molecule has 0 bridgehead atoms. The topological polar surface area (TPSA) is 83.7 Å². The molecule has 4 rings (SSSR count). The molecule has 1 heterocycles. The monoisotopic (exact) mass is 503 g/mol. The second-order valence-electron chi connectivity index (χ2n) is 9.13. The number of nitrogens with zero attached hydrogens (tertiary/aromatic N) is 2. The Hall–Kier alpha value is -3.64. The quantitative estimate of drug-likeness (QED) is 0.497. The summed E-state index contributed by atoms with van der Waals surface area (Å²) >= 11 is 6.27. The normalized spacial score (nSPS) is 19.5. The van der Waals surface area contributed by atoms with Gasteiger partial charge >= 0.3 is 0 Å². The number of carbonyl (C=O) groups excluding carboxylic acids is 3. The van der Waals surface area contributed by atoms with Gasteiger partial charge in [0.2, 0.25) is 11.8 Å². The van der Waals surface area contributed by atoms with E-state index in [9.17, 15) is 14.4 Å². The SMILES string of the molecule is CC=CC(=O)N1C(C)CCN([C@H](Cc2cccc3ccccc23)C(N)=O)C(=O)C1c1cccc(Cl)c1. The molecule has 3 amide bonds. The number of hydrogen-bond donors (Lipinski definition) is 1. The molecule has 0 spiro atoms. The molecule has 186 valence electrons. The number of primary amides is 1. The number of allylic oxidation sites excluding steroid dienone is 1. The molecule has 2 N–H and O–H groups in total. The van der Waals surface area contributed by atoms with E-state index in [2.05, 4.69) is 0 Å². The maximum atomic E-state index is 14.2. The Balaban J connectivity index is 1.78. The zero-order chi connectivity index (χ0) is 25.8. The minimum absolute atomic E-state index is 0.252. The molecule has 3 aromatic carbocycles. The number of benzene rings is 3. The van der Waals surface area contributed by atoms with Crippen LogP contribution in [0.4, 0.5) is 0 Å². The summed E-state index contributed by atoms with van der Waals surface area (Å²) in [6.45, 7) is 3.98. The summed E-state index contributed by atoms with van der Waals surface area (Å²) in [6.07, 6.45) is 3.90. The fourth-order valence-electron chi connectivity index (χ4n) is 5.01. The highest BCUT2D eigenvalue weighted by Crippen LogP contribution is 2.33. The predicted octanol–water partition coefficient (Wildman–Crippen LogP) is 4.66. The molecule has 0 aliphatic carbocycles. The molecule has 1 saturated heterocycles. The molecule has 3 atom stereocenters. The molecule has 36 heavy (non-hydrogen) atoms. The summed E-state index contributed by atoms with van der Waals surface area (Å²) in [7, 11) is 0. The fraction of sp³-hybridized carbons (Fsp3) is 0.276. The molecule has 7 heteroatoms. The van der Waals surface area contributed by atoms with Crippen LogP contribution in [0.15, 0.2) is 78.9 Å². The van der Waals surface area contributed by atoms with Gasteiger partial charge in [0.05, 0.1) is 0 Å². The molecular formula is C29H30ClN3O3. The Morgan fingerprint density at radius 3 is 2.56 bits per heavy atom. The third-order valence-corrected chi connectivity index (χ3v) is 7.02. The van der Waals surface area contributed by atoms with Gasteiger partial charge in [-0.05, 0) is 60.4 Å². The molecule has 1 aliphatic rings. The van der Waals surface area contributed by atoms with Gasteiger partial charge in [0.15, 0.2) is 0 Å². The van der Waals surface area contributed by atoms with Gasteiger partial charge in [-0.1, -0.05) is 72.3 Å². The Bertz CT molecular complexity index is 1320. The second-order valence-corrected chi connectivity index (χ2v) is 9.57. The first kappa shape index (κ1) is 25.5. The summed E-state index contributed by atoms with van der Waals surface area (Å²) in [5, 5.41) is 2.52. The first-order valence-electron chi connectivity index (χ1n) is 12.1. The van der Waals surface area contributed by atoms with Gasteiger partial charge in [-0.2, -0.15) is 0 Å². The van der Waals surface area contributed by atoms with Crippen LogP contribution in [0.25, 0.3) is 10.8 Å². The molecular weight excluding hydrogens is 474 g/mol. The van der Waals surface area contributed by atoms with Crippen molar-refractivity contribution in [1.82, 2.24) is 9.80 Å². The average molecular weight is 504 g/mol. The highest BCUT2D eigenvalue weighted by molar-refractivity contribution is 6.30. The molecule has 1 aliphatic heterocycles. The van der Waals surface area contributed by atoms with Crippen LogP contribution in [0.3, 0.4) is 0 Å². The fourth-order valence-corrected chi connectivity index (χ4v) is 5.21. The van der Waals surface area contributed by atoms with Crippen LogP contribution < -0.4 is 5.73 Å². The van der Waals surface area contributed by atoms with Crippen molar-refractivity contribution in [3.8, 4) is 0 Å². The van der Waals surface area contributed by atoms with Crippen LogP contribution in [-0.4, -0.2) is 46.1 Å². The van der Waals surface area contributed by atoms with Crippen LogP contribution in [0.5, 0.6) is 0 Å². The van der Waals surface area contributed by atoms with E-state index >= 15 is 0 Å². The molecule has 6 nitrogen and oxygen atoms in total. The summed E-state index contributed by atoms with van der Waals surface area (Å²) in [4.78, 5) is 43.3. The summed E-state index contributed by atoms with van der Waals surface area (Å²) in [5.74, 6) is -1.19. The molecule has 2 unspecified atom stereocenters. The van der Waals surface area contributed by atoms with E-state index in [0.717, 1.165) is 16.3 Å². The van der Waals surface area contributed by atoms with E-state index in [1.807, 2.05) is 49.4 Å². The Morgan fingerprint density at radius 2 is 1.83 bits per heavy atom. The van der Waals surface area contributed by atoms with Crippen molar-refractivity contribution in [2.75, 3.05) is 6.54 Å². The molecule has 3 aromatic rings. The van der Waals surface area contributed by atoms with Gasteiger partial charge in [-0.3, -0.25) is 14.4 Å². The van der Waals surface area contributed by atoms with Crippen molar-refractivity contribution in [2.24, 2.45) is 5.73 Å². The van der Waals surface area contributed by atoms with E-state index < -0.39 is 18.0 Å². The van der Waals surface area contributed by atoms with Crippen molar-refractivity contribution in [1.29, 1.82) is 0 Å². The first-order valence-corrected chi connectivity index (χ1v) is 12.5. The summed E-state index contributed by atoms with van der Waals surface area (Å²) < 4.78 is 0. The molecule has 0 saturated carbocycles. The van der Waals surface area contributed by atoms with Gasteiger partial charge in [0.1, 0.15) is 12.1 Å². The third kappa shape index (κ3) is 5.14. The van der Waals surface area contributed by atoms with E-state index in [-0.39, 0.29) is 24.3 Å². The Kier molecular flexibility index (Phi) is 7.75. The standard InChI is InChI=1S/C29H30ClN3O3/c1-3-8-26(34)33-19(2)15-16-32(29(36)27(33)22-12-7-13-23(30)17-22)25(28(31)35)18-21-11-6-10-20-9-4-5-14-24(20)21/h3-14,17,19,25,27H,15-16,18H2,1-2H3,(H2,31,35)/t19?,25-,27?/m1/s1. The van der Waals surface area contributed by atoms with E-state index in [4.69, 9.17) is 17.3 Å². The lowest BCUT2D eigenvalue weighted by molar-refractivity contribution is -0.146. The van der Waals surface area contributed by atoms with Gasteiger partial charge in [0, 0.05) is 24.0 Å². The minimum atomic E-state index is -0.931. The highest BCUT2D eigenvalue weighted by Gasteiger charge is 2.42. The van der Waals surface area contributed by atoms with Crippen LogP contribution in [0, 0.1) is 0 Å². The van der Waals surface area contributed by atoms with Gasteiger partial charge in [-0.15, -0.1) is 0 Å². The van der Waals surface area contributed by atoms with E-state index in [0.29, 0.717) is 23.6 Å². The van der Waals surface area contributed by atoms with E-state index in [1.165, 1.54) is 6.08 Å². The lowest BCUT2D eigenvalue weighted by atomic mass is 9.96. The first-order chi connectivity index (χ1) is 17.3. The Morgan fingerprint density at radius 1 is 1.11 bits per heavy atom. The zero-order valence-electron chi connectivity index (χ0n) is 20.4. The number of hydrogen-bond acceptors (Lipinski definition) is 3. The average Bonchev–Trinajstić information content (AvgIpc) is 2.98. The van der Waals surface area contributed by atoms with Crippen molar-refractivity contribution in [3.63, 3.8) is 0 Å². The van der Waals surface area contributed by atoms with Crippen molar-refractivity contribution < 1.29 is 14.4 Å². The number of rotatable bonds is 6. The highest BCUT2D eigenvalue weighted by atomic mass is 35.5. The van der Waals surface area contributed by atoms with Gasteiger partial charge < -0.3 is 15.5 Å². The number of halogens is 1. The van der Waals surface area contributed by atoms with Gasteiger partial charge in [-0.25, -0.2) is 0 Å². The number of amides is 3.